The first-order chi connectivity index (χ1) is 10.5. The highest BCUT2D eigenvalue weighted by molar-refractivity contribution is 6.30. The summed E-state index contributed by atoms with van der Waals surface area (Å²) in [4.78, 5) is 23.2. The Bertz CT molecular complexity index is 531. The van der Waals surface area contributed by atoms with E-state index in [1.807, 2.05) is 38.1 Å². The minimum absolute atomic E-state index is 0.0548. The molecule has 0 spiro atoms. The van der Waals surface area contributed by atoms with E-state index in [0.717, 1.165) is 6.42 Å². The van der Waals surface area contributed by atoms with E-state index in [1.165, 1.54) is 5.56 Å². The van der Waals surface area contributed by atoms with Crippen LogP contribution in [0.4, 0.5) is 4.79 Å². The predicted molar refractivity (Wildman–Crippen MR) is 87.0 cm³/mol. The number of carbonyl (C=O) groups is 2. The van der Waals surface area contributed by atoms with Crippen molar-refractivity contribution in [2.24, 2.45) is 0 Å². The van der Waals surface area contributed by atoms with Crippen LogP contribution in [-0.2, 0) is 4.79 Å². The Labute approximate surface area is 135 Å². The first-order valence-electron chi connectivity index (χ1n) is 7.55. The Morgan fingerprint density at radius 1 is 1.27 bits per heavy atom. The van der Waals surface area contributed by atoms with Gasteiger partial charge in [-0.05, 0) is 38.0 Å². The van der Waals surface area contributed by atoms with Crippen LogP contribution >= 0.6 is 11.6 Å². The molecule has 3 amide bonds. The third-order valence-corrected chi connectivity index (χ3v) is 3.74. The van der Waals surface area contributed by atoms with E-state index in [9.17, 15) is 9.59 Å². The number of halogens is 1. The molecule has 1 aliphatic carbocycles. The van der Waals surface area contributed by atoms with Gasteiger partial charge in [-0.15, -0.1) is 0 Å². The first-order valence-corrected chi connectivity index (χ1v) is 7.92. The van der Waals surface area contributed by atoms with Crippen molar-refractivity contribution in [3.05, 3.63) is 34.9 Å². The number of benzene rings is 1. The van der Waals surface area contributed by atoms with Gasteiger partial charge in [-0.1, -0.05) is 23.7 Å². The van der Waals surface area contributed by atoms with Gasteiger partial charge >= 0.3 is 6.03 Å². The highest BCUT2D eigenvalue weighted by Gasteiger charge is 2.39. The molecule has 1 fully saturated rings. The fourth-order valence-electron chi connectivity index (χ4n) is 2.34. The summed E-state index contributed by atoms with van der Waals surface area (Å²) in [5, 5.41) is 9.12. The lowest BCUT2D eigenvalue weighted by Crippen LogP contribution is -2.40. The van der Waals surface area contributed by atoms with Gasteiger partial charge < -0.3 is 16.0 Å². The van der Waals surface area contributed by atoms with Gasteiger partial charge in [-0.2, -0.15) is 0 Å². The maximum absolute atomic E-state index is 11.8. The lowest BCUT2D eigenvalue weighted by Gasteiger charge is -2.09. The average Bonchev–Trinajstić information content (AvgIpc) is 3.17. The van der Waals surface area contributed by atoms with Gasteiger partial charge in [0.1, 0.15) is 0 Å². The molecule has 0 aromatic heterocycles. The zero-order valence-corrected chi connectivity index (χ0v) is 13.6. The molecule has 0 heterocycles. The molecular formula is C16H22ClN3O2. The van der Waals surface area contributed by atoms with Crippen molar-refractivity contribution in [2.75, 3.05) is 6.54 Å². The van der Waals surface area contributed by atoms with Crippen molar-refractivity contribution in [2.45, 2.75) is 44.7 Å². The molecule has 1 aliphatic rings. The SMILES string of the molecule is CC(C)NC(=O)CCNC(=O)N[C@H]1C[C@@H]1c1ccc(Cl)cc1. The van der Waals surface area contributed by atoms with E-state index in [0.29, 0.717) is 17.5 Å². The van der Waals surface area contributed by atoms with Crippen LogP contribution in [0, 0.1) is 0 Å². The summed E-state index contributed by atoms with van der Waals surface area (Å²) >= 11 is 5.86. The lowest BCUT2D eigenvalue weighted by atomic mass is 10.1. The second kappa shape index (κ2) is 7.49. The summed E-state index contributed by atoms with van der Waals surface area (Å²) in [6, 6.07) is 7.75. The number of nitrogens with one attached hydrogen (secondary N) is 3. The normalized spacial score (nSPS) is 19.6. The molecule has 120 valence electrons. The van der Waals surface area contributed by atoms with Crippen LogP contribution in [-0.4, -0.2) is 30.6 Å². The van der Waals surface area contributed by atoms with Crippen molar-refractivity contribution in [1.29, 1.82) is 0 Å². The maximum Gasteiger partial charge on any atom is 0.315 e. The van der Waals surface area contributed by atoms with Gasteiger partial charge in [-0.3, -0.25) is 4.79 Å². The summed E-state index contributed by atoms with van der Waals surface area (Å²) < 4.78 is 0. The standard InChI is InChI=1S/C16H22ClN3O2/c1-10(2)19-15(21)7-8-18-16(22)20-14-9-13(14)11-3-5-12(17)6-4-11/h3-6,10,13-14H,7-9H2,1-2H3,(H,19,21)(H2,18,20,22)/t13-,14+/m1/s1. The number of hydrogen-bond donors (Lipinski definition) is 3. The van der Waals surface area contributed by atoms with Crippen LogP contribution in [0.15, 0.2) is 24.3 Å². The number of amides is 3. The Kier molecular flexibility index (Phi) is 5.66. The van der Waals surface area contributed by atoms with Crippen LogP contribution in [0.5, 0.6) is 0 Å². The zero-order chi connectivity index (χ0) is 16.1. The monoisotopic (exact) mass is 323 g/mol. The van der Waals surface area contributed by atoms with E-state index < -0.39 is 0 Å². The van der Waals surface area contributed by atoms with Crippen molar-refractivity contribution in [3.63, 3.8) is 0 Å². The molecule has 2 rings (SSSR count). The molecule has 1 aromatic carbocycles. The summed E-state index contributed by atoms with van der Waals surface area (Å²) in [5.41, 5.74) is 1.19. The lowest BCUT2D eigenvalue weighted by molar-refractivity contribution is -0.121. The number of rotatable bonds is 6. The van der Waals surface area contributed by atoms with Gasteiger partial charge in [0.15, 0.2) is 0 Å². The Morgan fingerprint density at radius 3 is 2.59 bits per heavy atom. The highest BCUT2D eigenvalue weighted by Crippen LogP contribution is 2.40. The van der Waals surface area contributed by atoms with Gasteiger partial charge in [0.05, 0.1) is 0 Å². The minimum Gasteiger partial charge on any atom is -0.354 e. The fraction of sp³-hybridized carbons (Fsp3) is 0.500. The third-order valence-electron chi connectivity index (χ3n) is 3.49. The number of urea groups is 1. The summed E-state index contributed by atoms with van der Waals surface area (Å²) in [7, 11) is 0. The maximum atomic E-state index is 11.8. The summed E-state index contributed by atoms with van der Waals surface area (Å²) in [6.45, 7) is 4.15. The predicted octanol–water partition coefficient (Wildman–Crippen LogP) is 2.41. The Balaban J connectivity index is 1.65. The molecule has 22 heavy (non-hydrogen) atoms. The van der Waals surface area contributed by atoms with Crippen LogP contribution in [0.3, 0.4) is 0 Å². The van der Waals surface area contributed by atoms with E-state index in [2.05, 4.69) is 16.0 Å². The van der Waals surface area contributed by atoms with E-state index in [4.69, 9.17) is 11.6 Å². The fourth-order valence-corrected chi connectivity index (χ4v) is 2.46. The highest BCUT2D eigenvalue weighted by atomic mass is 35.5. The quantitative estimate of drug-likeness (QED) is 0.752. The summed E-state index contributed by atoms with van der Waals surface area (Å²) in [6.07, 6.45) is 1.22. The average molecular weight is 324 g/mol. The number of carbonyl (C=O) groups excluding carboxylic acids is 2. The van der Waals surface area contributed by atoms with Gasteiger partial charge in [0.25, 0.3) is 0 Å². The molecular weight excluding hydrogens is 302 g/mol. The Hall–Kier alpha value is -1.75. The molecule has 5 nitrogen and oxygen atoms in total. The molecule has 1 saturated carbocycles. The third kappa shape index (κ3) is 5.22. The van der Waals surface area contributed by atoms with E-state index in [1.54, 1.807) is 0 Å². The summed E-state index contributed by atoms with van der Waals surface area (Å²) in [5.74, 6) is 0.299. The molecule has 2 atom stereocenters. The smallest absolute Gasteiger partial charge is 0.315 e. The molecule has 0 saturated heterocycles. The molecule has 0 aliphatic heterocycles. The molecule has 6 heteroatoms. The van der Waals surface area contributed by atoms with Crippen molar-refractivity contribution in [1.82, 2.24) is 16.0 Å². The largest absolute Gasteiger partial charge is 0.354 e. The van der Waals surface area contributed by atoms with Crippen LogP contribution in [0.25, 0.3) is 0 Å². The molecule has 0 bridgehead atoms. The Morgan fingerprint density at radius 2 is 1.95 bits per heavy atom. The second-order valence-electron chi connectivity index (χ2n) is 5.87. The number of hydrogen-bond acceptors (Lipinski definition) is 2. The first kappa shape index (κ1) is 16.6. The zero-order valence-electron chi connectivity index (χ0n) is 12.9. The second-order valence-corrected chi connectivity index (χ2v) is 6.31. The van der Waals surface area contributed by atoms with Crippen LogP contribution in [0.2, 0.25) is 5.02 Å². The van der Waals surface area contributed by atoms with Crippen molar-refractivity contribution >= 4 is 23.5 Å². The minimum atomic E-state index is -0.223. The van der Waals surface area contributed by atoms with Gasteiger partial charge in [0, 0.05) is 36.0 Å². The van der Waals surface area contributed by atoms with Gasteiger partial charge in [-0.25, -0.2) is 4.79 Å². The van der Waals surface area contributed by atoms with Crippen molar-refractivity contribution in [3.8, 4) is 0 Å². The van der Waals surface area contributed by atoms with E-state index in [-0.39, 0.29) is 30.4 Å². The van der Waals surface area contributed by atoms with Gasteiger partial charge in [0.2, 0.25) is 5.91 Å². The molecule has 3 N–H and O–H groups in total. The molecule has 1 aromatic rings. The van der Waals surface area contributed by atoms with Crippen molar-refractivity contribution < 1.29 is 9.59 Å². The molecule has 0 unspecified atom stereocenters. The molecule has 0 radical (unpaired) electrons. The van der Waals surface area contributed by atoms with Crippen LogP contribution < -0.4 is 16.0 Å². The van der Waals surface area contributed by atoms with E-state index >= 15 is 0 Å². The topological polar surface area (TPSA) is 70.2 Å². The van der Waals surface area contributed by atoms with Crippen LogP contribution in [0.1, 0.15) is 38.2 Å².